The molecule has 142 valence electrons. The smallest absolute Gasteiger partial charge is 0.203 e. The van der Waals surface area contributed by atoms with E-state index in [1.54, 1.807) is 21.3 Å². The van der Waals surface area contributed by atoms with E-state index in [4.69, 9.17) is 18.9 Å². The minimum absolute atomic E-state index is 0.463. The van der Waals surface area contributed by atoms with Gasteiger partial charge in [-0.25, -0.2) is 4.99 Å². The summed E-state index contributed by atoms with van der Waals surface area (Å²) in [6.45, 7) is 7.57. The van der Waals surface area contributed by atoms with Crippen LogP contribution in [0.1, 0.15) is 25.8 Å². The number of guanidine groups is 1. The molecule has 1 aromatic carbocycles. The Morgan fingerprint density at radius 1 is 1.00 bits per heavy atom. The number of ether oxygens (including phenoxy) is 4. The van der Waals surface area contributed by atoms with Crippen LogP contribution in [-0.4, -0.2) is 53.6 Å². The molecule has 0 saturated heterocycles. The monoisotopic (exact) mass is 353 g/mol. The number of methoxy groups -OCH3 is 3. The number of rotatable bonds is 11. The summed E-state index contributed by atoms with van der Waals surface area (Å²) >= 11 is 0. The second-order valence-electron chi connectivity index (χ2n) is 5.17. The van der Waals surface area contributed by atoms with E-state index in [-0.39, 0.29) is 0 Å². The molecule has 1 rings (SSSR count). The molecule has 0 aliphatic carbocycles. The highest BCUT2D eigenvalue weighted by atomic mass is 16.5. The highest BCUT2D eigenvalue weighted by Crippen LogP contribution is 2.39. The van der Waals surface area contributed by atoms with Crippen LogP contribution in [0.15, 0.2) is 17.1 Å². The molecule has 0 aliphatic rings. The van der Waals surface area contributed by atoms with Crippen molar-refractivity contribution in [3.05, 3.63) is 17.7 Å². The molecule has 7 heteroatoms. The zero-order valence-corrected chi connectivity index (χ0v) is 16.0. The Kier molecular flexibility index (Phi) is 10.2. The van der Waals surface area contributed by atoms with Gasteiger partial charge in [0.15, 0.2) is 17.5 Å². The lowest BCUT2D eigenvalue weighted by Crippen LogP contribution is -2.38. The fraction of sp³-hybridized carbons (Fsp3) is 0.611. The quantitative estimate of drug-likeness (QED) is 0.361. The number of hydrogen-bond acceptors (Lipinski definition) is 5. The average molecular weight is 353 g/mol. The predicted octanol–water partition coefficient (Wildman–Crippen LogP) is 2.19. The van der Waals surface area contributed by atoms with Crippen LogP contribution in [0, 0.1) is 0 Å². The minimum Gasteiger partial charge on any atom is -0.493 e. The molecule has 7 nitrogen and oxygen atoms in total. The highest BCUT2D eigenvalue weighted by Gasteiger charge is 2.15. The van der Waals surface area contributed by atoms with Gasteiger partial charge in [-0.15, -0.1) is 0 Å². The normalized spacial score (nSPS) is 11.2. The predicted molar refractivity (Wildman–Crippen MR) is 100 cm³/mol. The molecule has 0 radical (unpaired) electrons. The Hall–Kier alpha value is -2.15. The summed E-state index contributed by atoms with van der Waals surface area (Å²) in [6, 6.07) is 3.79. The van der Waals surface area contributed by atoms with Crippen molar-refractivity contribution < 1.29 is 18.9 Å². The molecule has 0 heterocycles. The van der Waals surface area contributed by atoms with E-state index in [0.717, 1.165) is 44.2 Å². The number of nitrogens with zero attached hydrogens (tertiary/aromatic N) is 1. The molecule has 0 atom stereocenters. The molecule has 0 amide bonds. The van der Waals surface area contributed by atoms with Gasteiger partial charge in [-0.05, 0) is 32.4 Å². The Morgan fingerprint density at radius 3 is 2.36 bits per heavy atom. The van der Waals surface area contributed by atoms with E-state index in [1.807, 2.05) is 26.0 Å². The molecule has 0 spiro atoms. The van der Waals surface area contributed by atoms with Gasteiger partial charge in [0.25, 0.3) is 0 Å². The standard InChI is InChI=1S/C18H31N3O4/c1-6-19-18(20-11-8-12-25-7-2)21-13-14-9-10-15(22-3)17(24-5)16(14)23-4/h9-10H,6-8,11-13H2,1-5H3,(H2,19,20,21). The van der Waals surface area contributed by atoms with E-state index in [0.29, 0.717) is 23.8 Å². The molecular formula is C18H31N3O4. The third-order valence-corrected chi connectivity index (χ3v) is 3.50. The maximum absolute atomic E-state index is 5.50. The summed E-state index contributed by atoms with van der Waals surface area (Å²) in [5.41, 5.74) is 0.923. The van der Waals surface area contributed by atoms with Crippen molar-refractivity contribution in [2.45, 2.75) is 26.8 Å². The number of aliphatic imine (C=N–C) groups is 1. The summed E-state index contributed by atoms with van der Waals surface area (Å²) < 4.78 is 21.6. The van der Waals surface area contributed by atoms with E-state index < -0.39 is 0 Å². The highest BCUT2D eigenvalue weighted by molar-refractivity contribution is 5.79. The first-order valence-electron chi connectivity index (χ1n) is 8.59. The maximum atomic E-state index is 5.50. The van der Waals surface area contributed by atoms with Crippen LogP contribution in [0.2, 0.25) is 0 Å². The van der Waals surface area contributed by atoms with Crippen molar-refractivity contribution in [3.8, 4) is 17.2 Å². The Balaban J connectivity index is 2.80. The van der Waals surface area contributed by atoms with Crippen LogP contribution in [0.3, 0.4) is 0 Å². The molecule has 25 heavy (non-hydrogen) atoms. The number of hydrogen-bond donors (Lipinski definition) is 2. The Labute approximate surface area is 150 Å². The van der Waals surface area contributed by atoms with Gasteiger partial charge in [0.05, 0.1) is 27.9 Å². The van der Waals surface area contributed by atoms with Crippen LogP contribution < -0.4 is 24.8 Å². The zero-order valence-electron chi connectivity index (χ0n) is 16.0. The molecule has 1 aromatic rings. The number of nitrogens with one attached hydrogen (secondary N) is 2. The molecule has 0 aliphatic heterocycles. The first kappa shape index (κ1) is 20.9. The third kappa shape index (κ3) is 6.70. The van der Waals surface area contributed by atoms with E-state index in [2.05, 4.69) is 15.6 Å². The van der Waals surface area contributed by atoms with Crippen LogP contribution in [0.5, 0.6) is 17.2 Å². The second-order valence-corrected chi connectivity index (χ2v) is 5.17. The molecule has 2 N–H and O–H groups in total. The lowest BCUT2D eigenvalue weighted by molar-refractivity contribution is 0.145. The third-order valence-electron chi connectivity index (χ3n) is 3.50. The molecular weight excluding hydrogens is 322 g/mol. The molecule has 0 bridgehead atoms. The van der Waals surface area contributed by atoms with Gasteiger partial charge in [0, 0.05) is 31.9 Å². The van der Waals surface area contributed by atoms with Crippen molar-refractivity contribution >= 4 is 5.96 Å². The fourth-order valence-corrected chi connectivity index (χ4v) is 2.32. The summed E-state index contributed by atoms with van der Waals surface area (Å²) in [6.07, 6.45) is 0.929. The fourth-order valence-electron chi connectivity index (χ4n) is 2.32. The molecule has 0 unspecified atom stereocenters. The van der Waals surface area contributed by atoms with Gasteiger partial charge in [-0.2, -0.15) is 0 Å². The molecule has 0 saturated carbocycles. The van der Waals surface area contributed by atoms with Gasteiger partial charge in [-0.3, -0.25) is 0 Å². The SMILES string of the molecule is CCNC(=NCc1ccc(OC)c(OC)c1OC)NCCCOCC. The zero-order chi connectivity index (χ0) is 18.5. The van der Waals surface area contributed by atoms with Crippen molar-refractivity contribution in [2.75, 3.05) is 47.6 Å². The molecule has 0 aromatic heterocycles. The van der Waals surface area contributed by atoms with Gasteiger partial charge >= 0.3 is 0 Å². The van der Waals surface area contributed by atoms with Crippen LogP contribution >= 0.6 is 0 Å². The van der Waals surface area contributed by atoms with E-state index in [1.165, 1.54) is 0 Å². The minimum atomic E-state index is 0.463. The van der Waals surface area contributed by atoms with Crippen molar-refractivity contribution in [3.63, 3.8) is 0 Å². The first-order valence-corrected chi connectivity index (χ1v) is 8.59. The number of benzene rings is 1. The first-order chi connectivity index (χ1) is 12.2. The van der Waals surface area contributed by atoms with E-state index >= 15 is 0 Å². The van der Waals surface area contributed by atoms with Crippen LogP contribution in [0.4, 0.5) is 0 Å². The van der Waals surface area contributed by atoms with Gasteiger partial charge in [0.1, 0.15) is 0 Å². The second kappa shape index (κ2) is 12.2. The maximum Gasteiger partial charge on any atom is 0.203 e. The Bertz CT molecular complexity index is 535. The van der Waals surface area contributed by atoms with E-state index in [9.17, 15) is 0 Å². The largest absolute Gasteiger partial charge is 0.493 e. The van der Waals surface area contributed by atoms with Gasteiger partial charge < -0.3 is 29.6 Å². The van der Waals surface area contributed by atoms with Gasteiger partial charge in [-0.1, -0.05) is 0 Å². The van der Waals surface area contributed by atoms with Crippen molar-refractivity contribution in [1.82, 2.24) is 10.6 Å². The average Bonchev–Trinajstić information content (AvgIpc) is 2.64. The Morgan fingerprint density at radius 2 is 1.76 bits per heavy atom. The van der Waals surface area contributed by atoms with Crippen LogP contribution in [0.25, 0.3) is 0 Å². The summed E-state index contributed by atoms with van der Waals surface area (Å²) in [5.74, 6) is 2.61. The van der Waals surface area contributed by atoms with Crippen LogP contribution in [-0.2, 0) is 11.3 Å². The lowest BCUT2D eigenvalue weighted by Gasteiger charge is -2.15. The lowest BCUT2D eigenvalue weighted by atomic mass is 10.1. The molecule has 0 fully saturated rings. The van der Waals surface area contributed by atoms with Crippen molar-refractivity contribution in [2.24, 2.45) is 4.99 Å². The van der Waals surface area contributed by atoms with Gasteiger partial charge in [0.2, 0.25) is 5.75 Å². The summed E-state index contributed by atoms with van der Waals surface area (Å²) in [4.78, 5) is 4.62. The summed E-state index contributed by atoms with van der Waals surface area (Å²) in [5, 5.41) is 6.53. The topological polar surface area (TPSA) is 73.3 Å². The summed E-state index contributed by atoms with van der Waals surface area (Å²) in [7, 11) is 4.81. The van der Waals surface area contributed by atoms with Crippen molar-refractivity contribution in [1.29, 1.82) is 0 Å².